The van der Waals surface area contributed by atoms with Gasteiger partial charge in [0.25, 0.3) is 0 Å². The average molecular weight is 381 g/mol. The molecule has 0 spiro atoms. The molecule has 162 valence electrons. The lowest BCUT2D eigenvalue weighted by Gasteiger charge is -2.35. The van der Waals surface area contributed by atoms with E-state index in [9.17, 15) is 0 Å². The van der Waals surface area contributed by atoms with Crippen molar-refractivity contribution in [2.75, 3.05) is 39.3 Å². The second-order valence-electron chi connectivity index (χ2n) is 9.12. The van der Waals surface area contributed by atoms with Crippen molar-refractivity contribution in [2.45, 2.75) is 117 Å². The molecule has 0 aliphatic carbocycles. The van der Waals surface area contributed by atoms with Crippen molar-refractivity contribution in [3.63, 3.8) is 0 Å². The van der Waals surface area contributed by atoms with Crippen LogP contribution in [-0.2, 0) is 0 Å². The molecule has 0 atom stereocenters. The Kier molecular flexibility index (Phi) is 16.6. The van der Waals surface area contributed by atoms with E-state index < -0.39 is 0 Å². The fraction of sp³-hybridized carbons (Fsp3) is 1.00. The Morgan fingerprint density at radius 2 is 1.11 bits per heavy atom. The van der Waals surface area contributed by atoms with Gasteiger partial charge < -0.3 is 9.80 Å². The maximum absolute atomic E-state index is 2.74. The third-order valence-electron chi connectivity index (χ3n) is 6.38. The van der Waals surface area contributed by atoms with Gasteiger partial charge in [-0.15, -0.1) is 0 Å². The van der Waals surface area contributed by atoms with Gasteiger partial charge in [-0.2, -0.15) is 0 Å². The highest BCUT2D eigenvalue weighted by Gasteiger charge is 2.20. The van der Waals surface area contributed by atoms with Crippen LogP contribution in [0.2, 0.25) is 0 Å². The summed E-state index contributed by atoms with van der Waals surface area (Å²) in [6.07, 6.45) is 21.5. The molecule has 0 bridgehead atoms. The van der Waals surface area contributed by atoms with Crippen LogP contribution in [0.1, 0.15) is 117 Å². The molecule has 0 aromatic rings. The summed E-state index contributed by atoms with van der Waals surface area (Å²) in [4.78, 5) is 5.46. The number of piperidine rings is 1. The van der Waals surface area contributed by atoms with Gasteiger partial charge in [-0.1, -0.05) is 85.0 Å². The third-order valence-corrected chi connectivity index (χ3v) is 6.38. The highest BCUT2D eigenvalue weighted by molar-refractivity contribution is 4.75. The quantitative estimate of drug-likeness (QED) is 0.233. The van der Waals surface area contributed by atoms with Crippen LogP contribution in [0.25, 0.3) is 0 Å². The summed E-state index contributed by atoms with van der Waals surface area (Å²) in [5, 5.41) is 0. The maximum Gasteiger partial charge on any atom is 0.00106 e. The van der Waals surface area contributed by atoms with E-state index in [-0.39, 0.29) is 0 Å². The van der Waals surface area contributed by atoms with Crippen LogP contribution in [0, 0.1) is 5.92 Å². The lowest BCUT2D eigenvalue weighted by atomic mass is 9.95. The van der Waals surface area contributed by atoms with Gasteiger partial charge in [-0.3, -0.25) is 0 Å². The summed E-state index contributed by atoms with van der Waals surface area (Å²) < 4.78 is 0. The molecule has 1 aliphatic heterocycles. The van der Waals surface area contributed by atoms with E-state index in [2.05, 4.69) is 30.6 Å². The van der Waals surface area contributed by atoms with E-state index >= 15 is 0 Å². The van der Waals surface area contributed by atoms with Crippen LogP contribution in [0.15, 0.2) is 0 Å². The molecule has 1 aliphatic rings. The largest absolute Gasteiger partial charge is 0.303 e. The van der Waals surface area contributed by atoms with Crippen LogP contribution < -0.4 is 0 Å². The van der Waals surface area contributed by atoms with Crippen molar-refractivity contribution in [1.29, 1.82) is 0 Å². The topological polar surface area (TPSA) is 6.48 Å². The molecule has 0 N–H and O–H groups in total. The number of hydrogen-bond donors (Lipinski definition) is 0. The number of rotatable bonds is 18. The predicted octanol–water partition coefficient (Wildman–Crippen LogP) is 7.13. The molecule has 0 amide bonds. The van der Waals surface area contributed by atoms with Crippen LogP contribution >= 0.6 is 0 Å². The lowest BCUT2D eigenvalue weighted by molar-refractivity contribution is 0.141. The zero-order valence-electron chi connectivity index (χ0n) is 19.3. The first kappa shape index (κ1) is 25.0. The summed E-state index contributed by atoms with van der Waals surface area (Å²) in [6.45, 7) is 15.0. The Bertz CT molecular complexity index is 291. The van der Waals surface area contributed by atoms with Crippen LogP contribution in [-0.4, -0.2) is 49.1 Å². The maximum atomic E-state index is 2.74. The molecule has 2 nitrogen and oxygen atoms in total. The zero-order valence-corrected chi connectivity index (χ0v) is 19.3. The van der Waals surface area contributed by atoms with Gasteiger partial charge in [-0.25, -0.2) is 0 Å². The molecule has 1 saturated heterocycles. The smallest absolute Gasteiger partial charge is 0.00106 e. The summed E-state index contributed by atoms with van der Waals surface area (Å²) in [5.74, 6) is 0.955. The predicted molar refractivity (Wildman–Crippen MR) is 123 cm³/mol. The van der Waals surface area contributed by atoms with Crippen molar-refractivity contribution in [1.82, 2.24) is 9.80 Å². The van der Waals surface area contributed by atoms with E-state index in [4.69, 9.17) is 0 Å². The molecular weight excluding hydrogens is 328 g/mol. The number of hydrogen-bond acceptors (Lipinski definition) is 2. The van der Waals surface area contributed by atoms with Gasteiger partial charge in [-0.05, 0) is 70.7 Å². The molecule has 1 rings (SSSR count). The van der Waals surface area contributed by atoms with Crippen molar-refractivity contribution in [2.24, 2.45) is 5.92 Å². The van der Waals surface area contributed by atoms with Gasteiger partial charge in [0.05, 0.1) is 0 Å². The van der Waals surface area contributed by atoms with Gasteiger partial charge in [0, 0.05) is 6.54 Å². The van der Waals surface area contributed by atoms with Crippen molar-refractivity contribution < 1.29 is 0 Å². The van der Waals surface area contributed by atoms with Gasteiger partial charge in [0.15, 0.2) is 0 Å². The van der Waals surface area contributed by atoms with E-state index in [1.807, 2.05) is 0 Å². The molecule has 0 aromatic heterocycles. The standard InChI is InChI=1S/C25H52N2/c1-4-7-8-9-10-11-12-13-14-15-16-21-26-22-17-25(18-23-26)24-27(19-5-2)20-6-3/h25H,4-24H2,1-3H3. The third kappa shape index (κ3) is 13.7. The first-order valence-corrected chi connectivity index (χ1v) is 12.7. The summed E-state index contributed by atoms with van der Waals surface area (Å²) in [5.41, 5.74) is 0. The van der Waals surface area contributed by atoms with Crippen LogP contribution in [0.3, 0.4) is 0 Å². The Balaban J connectivity index is 1.92. The fourth-order valence-corrected chi connectivity index (χ4v) is 4.68. The monoisotopic (exact) mass is 380 g/mol. The first-order chi connectivity index (χ1) is 13.3. The van der Waals surface area contributed by atoms with E-state index in [1.54, 1.807) is 0 Å². The van der Waals surface area contributed by atoms with Gasteiger partial charge in [0.1, 0.15) is 0 Å². The van der Waals surface area contributed by atoms with E-state index in [0.717, 1.165) is 5.92 Å². The summed E-state index contributed by atoms with van der Waals surface area (Å²) in [7, 11) is 0. The minimum Gasteiger partial charge on any atom is -0.303 e. The van der Waals surface area contributed by atoms with Crippen molar-refractivity contribution >= 4 is 0 Å². The molecule has 1 fully saturated rings. The zero-order chi connectivity index (χ0) is 19.6. The molecule has 2 heteroatoms. The second kappa shape index (κ2) is 18.0. The summed E-state index contributed by atoms with van der Waals surface area (Å²) in [6, 6.07) is 0. The number of nitrogens with zero attached hydrogens (tertiary/aromatic N) is 2. The SMILES string of the molecule is CCCCCCCCCCCCCN1CCC(CN(CCC)CCC)CC1. The number of unbranched alkanes of at least 4 members (excludes halogenated alkanes) is 10. The Labute approximate surface area is 172 Å². The molecule has 0 aromatic carbocycles. The molecule has 0 saturated carbocycles. The normalized spacial score (nSPS) is 16.4. The second-order valence-corrected chi connectivity index (χ2v) is 9.12. The highest BCUT2D eigenvalue weighted by Crippen LogP contribution is 2.19. The molecule has 0 unspecified atom stereocenters. The number of likely N-dealkylation sites (tertiary alicyclic amines) is 1. The Morgan fingerprint density at radius 1 is 0.630 bits per heavy atom. The van der Waals surface area contributed by atoms with Crippen molar-refractivity contribution in [3.05, 3.63) is 0 Å². The van der Waals surface area contributed by atoms with Gasteiger partial charge >= 0.3 is 0 Å². The lowest BCUT2D eigenvalue weighted by Crippen LogP contribution is -2.39. The minimum absolute atomic E-state index is 0.955. The molecule has 27 heavy (non-hydrogen) atoms. The average Bonchev–Trinajstić information content (AvgIpc) is 2.68. The fourth-order valence-electron chi connectivity index (χ4n) is 4.68. The highest BCUT2D eigenvalue weighted by atomic mass is 15.1. The van der Waals surface area contributed by atoms with Crippen molar-refractivity contribution in [3.8, 4) is 0 Å². The summed E-state index contributed by atoms with van der Waals surface area (Å²) >= 11 is 0. The van der Waals surface area contributed by atoms with E-state index in [0.29, 0.717) is 0 Å². The molecule has 1 heterocycles. The van der Waals surface area contributed by atoms with Gasteiger partial charge in [0.2, 0.25) is 0 Å². The first-order valence-electron chi connectivity index (χ1n) is 12.7. The minimum atomic E-state index is 0.955. The molecular formula is C25H52N2. The van der Waals surface area contributed by atoms with Crippen LogP contribution in [0.5, 0.6) is 0 Å². The van der Waals surface area contributed by atoms with Crippen LogP contribution in [0.4, 0.5) is 0 Å². The van der Waals surface area contributed by atoms with E-state index in [1.165, 1.54) is 136 Å². The Morgan fingerprint density at radius 3 is 1.59 bits per heavy atom. The Hall–Kier alpha value is -0.0800. The molecule has 0 radical (unpaired) electrons.